The molecule has 0 saturated carbocycles. The lowest BCUT2D eigenvalue weighted by Crippen LogP contribution is -2.42. The number of ether oxygens (including phenoxy) is 2. The second kappa shape index (κ2) is 13.5. The Morgan fingerprint density at radius 3 is 1.22 bits per heavy atom. The molecule has 0 fully saturated rings. The van der Waals surface area contributed by atoms with Crippen molar-refractivity contribution >= 4 is 11.9 Å². The number of esters is 2. The average molecular weight is 717 g/mol. The molecule has 2 aliphatic rings. The van der Waals surface area contributed by atoms with Gasteiger partial charge in [-0.2, -0.15) is 21.0 Å². The van der Waals surface area contributed by atoms with E-state index in [1.807, 2.05) is 36.4 Å². The van der Waals surface area contributed by atoms with Gasteiger partial charge in [-0.3, -0.25) is 9.59 Å². The van der Waals surface area contributed by atoms with Gasteiger partial charge in [-0.15, -0.1) is 0 Å². The fourth-order valence-electron chi connectivity index (χ4n) is 7.86. The zero-order valence-corrected chi connectivity index (χ0v) is 28.7. The Balaban J connectivity index is 1.42. The topological polar surface area (TPSA) is 199 Å². The quantitative estimate of drug-likeness (QED) is 0.125. The summed E-state index contributed by atoms with van der Waals surface area (Å²) in [5.41, 5.74) is -0.544. The molecular weight excluding hydrogens is 693 g/mol. The van der Waals surface area contributed by atoms with Crippen molar-refractivity contribution in [1.29, 1.82) is 21.0 Å². The number of aromatic nitrogens is 4. The molecule has 0 aliphatic heterocycles. The largest absolute Gasteiger partial charge is 0.426 e. The van der Waals surface area contributed by atoms with Crippen LogP contribution in [0.15, 0.2) is 109 Å². The van der Waals surface area contributed by atoms with E-state index < -0.39 is 22.8 Å². The predicted octanol–water partition coefficient (Wildman–Crippen LogP) is 6.37. The lowest BCUT2D eigenvalue weighted by Gasteiger charge is -2.40. The van der Waals surface area contributed by atoms with E-state index in [1.54, 1.807) is 97.1 Å². The van der Waals surface area contributed by atoms with Gasteiger partial charge in [-0.05, 0) is 41.8 Å². The summed E-state index contributed by atoms with van der Waals surface area (Å²) in [4.78, 5) is 47.4. The number of benzene rings is 4. The molecule has 0 bridgehead atoms. The molecule has 2 atom stereocenters. The summed E-state index contributed by atoms with van der Waals surface area (Å²) in [6.45, 7) is 0. The highest BCUT2D eigenvalue weighted by Gasteiger charge is 2.58. The Bertz CT molecular complexity index is 2560. The van der Waals surface area contributed by atoms with Crippen molar-refractivity contribution in [2.45, 2.75) is 30.1 Å². The fourth-order valence-corrected chi connectivity index (χ4v) is 7.86. The molecule has 6 aromatic rings. The van der Waals surface area contributed by atoms with Gasteiger partial charge in [0.2, 0.25) is 0 Å². The van der Waals surface area contributed by atoms with E-state index in [0.717, 1.165) is 0 Å². The average Bonchev–Trinajstić information content (AvgIpc) is 3.62. The van der Waals surface area contributed by atoms with Crippen LogP contribution in [0.25, 0.3) is 22.5 Å². The SMILES string of the molecule is N#Cc1nc2c(nc1C#N)C(CC(=O)Oc1ccccc1)(CC1(CC(=O)Oc3ccccc3)c3ccccc3-c3nc(C#N)c(C#N)nc31)c1ccccc1-2. The van der Waals surface area contributed by atoms with E-state index in [2.05, 4.69) is 9.97 Å². The second-order valence-electron chi connectivity index (χ2n) is 13.0. The summed E-state index contributed by atoms with van der Waals surface area (Å²) in [6, 6.07) is 39.3. The third kappa shape index (κ3) is 5.59. The Labute approximate surface area is 314 Å². The lowest BCUT2D eigenvalue weighted by atomic mass is 9.62. The molecule has 0 spiro atoms. The first-order chi connectivity index (χ1) is 26.8. The summed E-state index contributed by atoms with van der Waals surface area (Å²) >= 11 is 0. The number of nitriles is 4. The Kier molecular flexibility index (Phi) is 8.35. The lowest BCUT2D eigenvalue weighted by molar-refractivity contribution is -0.135. The van der Waals surface area contributed by atoms with E-state index in [4.69, 9.17) is 19.4 Å². The van der Waals surface area contributed by atoms with Crippen molar-refractivity contribution in [2.75, 3.05) is 0 Å². The first kappa shape index (κ1) is 34.0. The third-order valence-electron chi connectivity index (χ3n) is 9.96. The predicted molar refractivity (Wildman–Crippen MR) is 193 cm³/mol. The van der Waals surface area contributed by atoms with Crippen molar-refractivity contribution in [1.82, 2.24) is 19.9 Å². The first-order valence-electron chi connectivity index (χ1n) is 17.0. The van der Waals surface area contributed by atoms with Crippen LogP contribution < -0.4 is 9.47 Å². The molecule has 12 heteroatoms. The van der Waals surface area contributed by atoms with Gasteiger partial charge in [-0.25, -0.2) is 19.9 Å². The number of hydrogen-bond acceptors (Lipinski definition) is 12. The van der Waals surface area contributed by atoms with Gasteiger partial charge in [-0.1, -0.05) is 84.9 Å². The highest BCUT2D eigenvalue weighted by Crippen LogP contribution is 2.60. The maximum absolute atomic E-state index is 14.3. The first-order valence-corrected chi connectivity index (χ1v) is 17.0. The van der Waals surface area contributed by atoms with Crippen molar-refractivity contribution in [3.05, 3.63) is 154 Å². The number of hydrogen-bond donors (Lipinski definition) is 0. The van der Waals surface area contributed by atoms with Crippen molar-refractivity contribution in [3.8, 4) is 58.3 Å². The van der Waals surface area contributed by atoms with E-state index in [-0.39, 0.29) is 64.8 Å². The van der Waals surface area contributed by atoms with Gasteiger partial charge < -0.3 is 9.47 Å². The second-order valence-corrected chi connectivity index (χ2v) is 13.0. The minimum atomic E-state index is -1.49. The van der Waals surface area contributed by atoms with Crippen LogP contribution in [0, 0.1) is 45.3 Å². The zero-order chi connectivity index (χ0) is 38.2. The van der Waals surface area contributed by atoms with Gasteiger partial charge in [0.15, 0.2) is 22.8 Å². The van der Waals surface area contributed by atoms with Crippen LogP contribution in [0.2, 0.25) is 0 Å². The van der Waals surface area contributed by atoms with Gasteiger partial charge >= 0.3 is 11.9 Å². The van der Waals surface area contributed by atoms with E-state index in [9.17, 15) is 30.6 Å². The smallest absolute Gasteiger partial charge is 0.312 e. The molecule has 2 aromatic heterocycles. The van der Waals surface area contributed by atoms with Crippen LogP contribution in [0.4, 0.5) is 0 Å². The van der Waals surface area contributed by atoms with Gasteiger partial charge in [0.1, 0.15) is 35.8 Å². The number of carbonyl (C=O) groups is 2. The zero-order valence-electron chi connectivity index (χ0n) is 28.7. The molecule has 4 aromatic carbocycles. The molecule has 0 radical (unpaired) electrons. The molecule has 0 amide bonds. The molecule has 0 N–H and O–H groups in total. The molecule has 55 heavy (non-hydrogen) atoms. The summed E-state index contributed by atoms with van der Waals surface area (Å²) in [6.07, 6.45) is -0.850. The summed E-state index contributed by atoms with van der Waals surface area (Å²) in [5.74, 6) is -0.723. The molecule has 8 rings (SSSR count). The number of fused-ring (bicyclic) bond motifs is 6. The molecule has 0 saturated heterocycles. The maximum Gasteiger partial charge on any atom is 0.312 e. The molecule has 2 unspecified atom stereocenters. The van der Waals surface area contributed by atoms with Crippen LogP contribution >= 0.6 is 0 Å². The highest BCUT2D eigenvalue weighted by molar-refractivity contribution is 5.87. The summed E-state index contributed by atoms with van der Waals surface area (Å²) in [5, 5.41) is 40.3. The van der Waals surface area contributed by atoms with Crippen LogP contribution in [0.3, 0.4) is 0 Å². The summed E-state index contributed by atoms with van der Waals surface area (Å²) in [7, 11) is 0. The fraction of sp³-hybridized carbons (Fsp3) is 0.116. The van der Waals surface area contributed by atoms with Gasteiger partial charge in [0, 0.05) is 11.1 Å². The van der Waals surface area contributed by atoms with Crippen LogP contribution in [-0.4, -0.2) is 31.9 Å². The standard InChI is InChI=1S/C43H24N8O4/c44-21-32-34(23-46)50-40-38(48-32)28-15-7-9-17-30(28)42(40,19-36(52)54-26-11-3-1-4-12-26)25-43(20-37(53)55-27-13-5-2-6-14-27)31-18-10-8-16-29(31)39-41(43)51-35(24-47)33(22-45)49-39/h1-18H,19-20,25H2. The number of para-hydroxylation sites is 2. The maximum atomic E-state index is 14.3. The van der Waals surface area contributed by atoms with Crippen LogP contribution in [-0.2, 0) is 20.4 Å². The van der Waals surface area contributed by atoms with Gasteiger partial charge in [0.05, 0.1) is 46.4 Å². The van der Waals surface area contributed by atoms with Crippen LogP contribution in [0.5, 0.6) is 11.5 Å². The third-order valence-corrected chi connectivity index (χ3v) is 9.96. The molecule has 2 aliphatic carbocycles. The van der Waals surface area contributed by atoms with E-state index in [0.29, 0.717) is 33.8 Å². The van der Waals surface area contributed by atoms with Gasteiger partial charge in [0.25, 0.3) is 0 Å². The normalized spacial score (nSPS) is 16.8. The minimum absolute atomic E-state index is 0.126. The molecular formula is C43H24N8O4. The van der Waals surface area contributed by atoms with Crippen LogP contribution in [0.1, 0.15) is 64.6 Å². The highest BCUT2D eigenvalue weighted by atomic mass is 16.5. The minimum Gasteiger partial charge on any atom is -0.426 e. The van der Waals surface area contributed by atoms with Crippen molar-refractivity contribution in [3.63, 3.8) is 0 Å². The monoisotopic (exact) mass is 716 g/mol. The van der Waals surface area contributed by atoms with Crippen molar-refractivity contribution in [2.24, 2.45) is 0 Å². The summed E-state index contributed by atoms with van der Waals surface area (Å²) < 4.78 is 11.8. The Morgan fingerprint density at radius 1 is 0.491 bits per heavy atom. The Hall–Kier alpha value is -8.06. The number of nitrogens with zero attached hydrogens (tertiary/aromatic N) is 8. The molecule has 260 valence electrons. The Morgan fingerprint density at radius 2 is 0.836 bits per heavy atom. The van der Waals surface area contributed by atoms with E-state index in [1.165, 1.54) is 0 Å². The van der Waals surface area contributed by atoms with Crippen molar-refractivity contribution < 1.29 is 19.1 Å². The van der Waals surface area contributed by atoms with E-state index >= 15 is 0 Å². The molecule has 12 nitrogen and oxygen atoms in total. The molecule has 2 heterocycles. The number of carbonyl (C=O) groups excluding carboxylic acids is 2. The number of rotatable bonds is 8.